The van der Waals surface area contributed by atoms with E-state index in [4.69, 9.17) is 5.11 Å². The smallest absolute Gasteiger partial charge is 0.326 e. The molecule has 3 rings (SSSR count). The summed E-state index contributed by atoms with van der Waals surface area (Å²) >= 11 is 1.23. The van der Waals surface area contributed by atoms with E-state index in [0.717, 1.165) is 30.5 Å². The van der Waals surface area contributed by atoms with Gasteiger partial charge in [-0.15, -0.1) is 0 Å². The molecule has 1 aromatic heterocycles. The summed E-state index contributed by atoms with van der Waals surface area (Å²) in [6.07, 6.45) is 4.14. The second kappa shape index (κ2) is 6.59. The number of likely N-dealkylation sites (tertiary alicyclic amines) is 1. The molecule has 1 fully saturated rings. The third-order valence-corrected chi connectivity index (χ3v) is 5.30. The van der Waals surface area contributed by atoms with Crippen molar-refractivity contribution in [2.75, 3.05) is 12.3 Å². The molecule has 120 valence electrons. The van der Waals surface area contributed by atoms with Gasteiger partial charge in [-0.1, -0.05) is 11.8 Å². The quantitative estimate of drug-likeness (QED) is 0.842. The molecule has 0 bridgehead atoms. The molecule has 0 saturated carbocycles. The van der Waals surface area contributed by atoms with Crippen molar-refractivity contribution in [2.45, 2.75) is 43.2 Å². The van der Waals surface area contributed by atoms with Gasteiger partial charge in [-0.2, -0.15) is 5.26 Å². The Labute approximate surface area is 138 Å². The van der Waals surface area contributed by atoms with Crippen LogP contribution in [0, 0.1) is 11.3 Å². The first-order valence-electron chi connectivity index (χ1n) is 7.68. The summed E-state index contributed by atoms with van der Waals surface area (Å²) in [5.74, 6) is -1.04. The van der Waals surface area contributed by atoms with Gasteiger partial charge in [-0.05, 0) is 43.7 Å². The Kier molecular flexibility index (Phi) is 4.53. The number of fused-ring (bicyclic) bond motifs is 1. The Morgan fingerprint density at radius 2 is 2.26 bits per heavy atom. The van der Waals surface area contributed by atoms with Crippen LogP contribution in [0.1, 0.15) is 36.1 Å². The fourth-order valence-electron chi connectivity index (χ4n) is 3.18. The van der Waals surface area contributed by atoms with Gasteiger partial charge in [0, 0.05) is 12.2 Å². The molecule has 2 aliphatic rings. The monoisotopic (exact) mass is 331 g/mol. The molecule has 0 spiro atoms. The lowest BCUT2D eigenvalue weighted by Crippen LogP contribution is -2.41. The second-order valence-electron chi connectivity index (χ2n) is 5.78. The van der Waals surface area contributed by atoms with E-state index in [1.807, 2.05) is 6.07 Å². The number of aromatic nitrogens is 1. The summed E-state index contributed by atoms with van der Waals surface area (Å²) in [6.45, 7) is 0.485. The summed E-state index contributed by atoms with van der Waals surface area (Å²) in [4.78, 5) is 29.4. The van der Waals surface area contributed by atoms with Gasteiger partial charge in [0.1, 0.15) is 17.1 Å². The van der Waals surface area contributed by atoms with Crippen LogP contribution < -0.4 is 0 Å². The highest BCUT2D eigenvalue weighted by Gasteiger charge is 2.33. The molecule has 1 amide bonds. The maximum absolute atomic E-state index is 12.3. The average Bonchev–Trinajstić information content (AvgIpc) is 3.19. The van der Waals surface area contributed by atoms with Crippen molar-refractivity contribution in [1.29, 1.82) is 5.26 Å². The molecule has 1 saturated heterocycles. The number of aryl methyl sites for hydroxylation is 2. The number of nitrogens with zero attached hydrogens (tertiary/aromatic N) is 3. The van der Waals surface area contributed by atoms with E-state index in [1.165, 1.54) is 16.7 Å². The van der Waals surface area contributed by atoms with Crippen molar-refractivity contribution < 1.29 is 14.7 Å². The van der Waals surface area contributed by atoms with E-state index in [9.17, 15) is 14.9 Å². The van der Waals surface area contributed by atoms with Crippen LogP contribution in [0.15, 0.2) is 11.1 Å². The first-order chi connectivity index (χ1) is 11.1. The van der Waals surface area contributed by atoms with Crippen LogP contribution in [0.4, 0.5) is 0 Å². The van der Waals surface area contributed by atoms with E-state index < -0.39 is 12.0 Å². The van der Waals surface area contributed by atoms with Crippen LogP contribution in [0.25, 0.3) is 0 Å². The molecule has 1 aliphatic heterocycles. The van der Waals surface area contributed by atoms with Crippen molar-refractivity contribution in [1.82, 2.24) is 9.88 Å². The highest BCUT2D eigenvalue weighted by molar-refractivity contribution is 8.00. The van der Waals surface area contributed by atoms with E-state index in [1.54, 1.807) is 0 Å². The Bertz CT molecular complexity index is 699. The van der Waals surface area contributed by atoms with E-state index in [-0.39, 0.29) is 11.7 Å². The maximum atomic E-state index is 12.3. The summed E-state index contributed by atoms with van der Waals surface area (Å²) in [6, 6.07) is 3.30. The number of carbonyl (C=O) groups is 2. The largest absolute Gasteiger partial charge is 0.480 e. The summed E-state index contributed by atoms with van der Waals surface area (Å²) in [5, 5.41) is 19.0. The van der Waals surface area contributed by atoms with Gasteiger partial charge in [-0.3, -0.25) is 4.79 Å². The van der Waals surface area contributed by atoms with Gasteiger partial charge < -0.3 is 10.0 Å². The van der Waals surface area contributed by atoms with Crippen LogP contribution in [0.5, 0.6) is 0 Å². The number of thioether (sulfide) groups is 1. The Hall–Kier alpha value is -2.07. The van der Waals surface area contributed by atoms with Crippen molar-refractivity contribution >= 4 is 23.6 Å². The Morgan fingerprint density at radius 1 is 1.43 bits per heavy atom. The fraction of sp³-hybridized carbons (Fsp3) is 0.500. The topological polar surface area (TPSA) is 94.3 Å². The summed E-state index contributed by atoms with van der Waals surface area (Å²) < 4.78 is 0. The van der Waals surface area contributed by atoms with Gasteiger partial charge in [-0.25, -0.2) is 9.78 Å². The minimum atomic E-state index is -0.950. The normalized spacial score (nSPS) is 19.4. The minimum Gasteiger partial charge on any atom is -0.480 e. The first-order valence-corrected chi connectivity index (χ1v) is 8.66. The number of carboxylic acids is 1. The molecule has 1 unspecified atom stereocenters. The van der Waals surface area contributed by atoms with E-state index in [2.05, 4.69) is 11.1 Å². The average molecular weight is 331 g/mol. The molecule has 2 heterocycles. The number of carboxylic acid groups (broad SMARTS) is 1. The predicted molar refractivity (Wildman–Crippen MR) is 84.1 cm³/mol. The van der Waals surface area contributed by atoms with Gasteiger partial charge in [0.25, 0.3) is 0 Å². The molecular weight excluding hydrogens is 314 g/mol. The summed E-state index contributed by atoms with van der Waals surface area (Å²) in [5.41, 5.74) is 2.64. The molecule has 0 aromatic carbocycles. The zero-order valence-electron chi connectivity index (χ0n) is 12.6. The van der Waals surface area contributed by atoms with Gasteiger partial charge in [0.15, 0.2) is 0 Å². The fourth-order valence-corrected chi connectivity index (χ4v) is 4.04. The van der Waals surface area contributed by atoms with Crippen LogP contribution in [-0.2, 0) is 22.4 Å². The standard InChI is InChI=1S/C16H17N3O3S/c17-8-11-7-10-3-1-4-12(10)18-15(11)23-9-14(20)19-6-2-5-13(19)16(21)22/h7,13H,1-6,9H2,(H,21,22). The molecule has 1 aliphatic carbocycles. The summed E-state index contributed by atoms with van der Waals surface area (Å²) in [7, 11) is 0. The third kappa shape index (κ3) is 3.17. The number of hydrogen-bond acceptors (Lipinski definition) is 5. The molecule has 7 heteroatoms. The minimum absolute atomic E-state index is 0.115. The number of hydrogen-bond donors (Lipinski definition) is 1. The molecule has 1 aromatic rings. The lowest BCUT2D eigenvalue weighted by molar-refractivity contribution is -0.147. The number of rotatable bonds is 4. The van der Waals surface area contributed by atoms with E-state index >= 15 is 0 Å². The molecule has 23 heavy (non-hydrogen) atoms. The first kappa shape index (κ1) is 15.8. The predicted octanol–water partition coefficient (Wildman–Crippen LogP) is 1.61. The van der Waals surface area contributed by atoms with E-state index in [0.29, 0.717) is 30.0 Å². The van der Waals surface area contributed by atoms with Crippen LogP contribution in [-0.4, -0.2) is 45.2 Å². The molecule has 1 atom stereocenters. The number of nitriles is 1. The number of pyridine rings is 1. The SMILES string of the molecule is N#Cc1cc2c(nc1SCC(=O)N1CCCC1C(=O)O)CCC2. The van der Waals surface area contributed by atoms with Crippen molar-refractivity contribution in [3.63, 3.8) is 0 Å². The lowest BCUT2D eigenvalue weighted by atomic mass is 10.2. The zero-order chi connectivity index (χ0) is 16.4. The van der Waals surface area contributed by atoms with Crippen LogP contribution in [0.2, 0.25) is 0 Å². The number of aliphatic carboxylic acids is 1. The second-order valence-corrected chi connectivity index (χ2v) is 6.75. The lowest BCUT2D eigenvalue weighted by Gasteiger charge is -2.21. The maximum Gasteiger partial charge on any atom is 0.326 e. The molecule has 6 nitrogen and oxygen atoms in total. The van der Waals surface area contributed by atoms with Crippen LogP contribution in [0.3, 0.4) is 0 Å². The van der Waals surface area contributed by atoms with Gasteiger partial charge in [0.2, 0.25) is 5.91 Å². The molecular formula is C16H17N3O3S. The number of amides is 1. The Balaban J connectivity index is 1.70. The van der Waals surface area contributed by atoms with Crippen LogP contribution >= 0.6 is 11.8 Å². The third-order valence-electron chi connectivity index (χ3n) is 4.33. The van der Waals surface area contributed by atoms with Crippen molar-refractivity contribution in [2.24, 2.45) is 0 Å². The van der Waals surface area contributed by atoms with Crippen molar-refractivity contribution in [3.8, 4) is 6.07 Å². The van der Waals surface area contributed by atoms with Gasteiger partial charge >= 0.3 is 5.97 Å². The number of carbonyl (C=O) groups excluding carboxylic acids is 1. The Morgan fingerprint density at radius 3 is 3.00 bits per heavy atom. The zero-order valence-corrected chi connectivity index (χ0v) is 13.4. The highest BCUT2D eigenvalue weighted by Crippen LogP contribution is 2.28. The highest BCUT2D eigenvalue weighted by atomic mass is 32.2. The van der Waals surface area contributed by atoms with Crippen molar-refractivity contribution in [3.05, 3.63) is 22.9 Å². The molecule has 0 radical (unpaired) electrons. The van der Waals surface area contributed by atoms with Gasteiger partial charge in [0.05, 0.1) is 11.3 Å². The molecule has 1 N–H and O–H groups in total.